The van der Waals surface area contributed by atoms with Crippen LogP contribution in [0.25, 0.3) is 0 Å². The molecule has 2 atom stereocenters. The lowest BCUT2D eigenvalue weighted by Gasteiger charge is -2.44. The van der Waals surface area contributed by atoms with Gasteiger partial charge in [0.25, 0.3) is 8.32 Å². The number of hydrogen-bond acceptors (Lipinski definition) is 3. The quantitative estimate of drug-likeness (QED) is 0.449. The lowest BCUT2D eigenvalue weighted by molar-refractivity contribution is -0.144. The molecule has 0 spiro atoms. The van der Waals surface area contributed by atoms with E-state index in [1.54, 1.807) is 0 Å². The molecule has 0 N–H and O–H groups in total. The average Bonchev–Trinajstić information content (AvgIpc) is 3.06. The molecule has 0 bridgehead atoms. The maximum Gasteiger partial charge on any atom is 0.303 e. The van der Waals surface area contributed by atoms with E-state index >= 15 is 0 Å². The van der Waals surface area contributed by atoms with Crippen molar-refractivity contribution >= 4 is 24.7 Å². The molecule has 4 heteroatoms. The van der Waals surface area contributed by atoms with Crippen LogP contribution in [-0.4, -0.2) is 26.5 Å². The second-order valence-corrected chi connectivity index (χ2v) is 12.3. The van der Waals surface area contributed by atoms with Gasteiger partial charge in [-0.25, -0.2) is 0 Å². The summed E-state index contributed by atoms with van der Waals surface area (Å²) in [5.41, 5.74) is 0. The van der Waals surface area contributed by atoms with Crippen LogP contribution in [0.4, 0.5) is 0 Å². The summed E-state index contributed by atoms with van der Waals surface area (Å²) in [5, 5.41) is 2.45. The van der Waals surface area contributed by atoms with Crippen molar-refractivity contribution in [3.05, 3.63) is 72.8 Å². The molecule has 3 rings (SSSR count). The first-order valence-corrected chi connectivity index (χ1v) is 11.4. The third kappa shape index (κ3) is 4.07. The Hall–Kier alpha value is -2.17. The molecule has 1 aliphatic carbocycles. The highest BCUT2D eigenvalue weighted by atomic mass is 28.4. The first-order chi connectivity index (χ1) is 12.8. The maximum absolute atomic E-state index is 11.3. The predicted molar refractivity (Wildman–Crippen MR) is 112 cm³/mol. The molecule has 0 aromatic heterocycles. The zero-order valence-corrected chi connectivity index (χ0v) is 17.5. The molecule has 1 aliphatic rings. The van der Waals surface area contributed by atoms with Gasteiger partial charge >= 0.3 is 5.97 Å². The number of benzene rings is 2. The van der Waals surface area contributed by atoms with E-state index in [4.69, 9.17) is 9.16 Å². The van der Waals surface area contributed by atoms with Gasteiger partial charge in [0.15, 0.2) is 0 Å². The minimum Gasteiger partial charge on any atom is -0.458 e. The van der Waals surface area contributed by atoms with Crippen LogP contribution in [0.15, 0.2) is 72.8 Å². The molecule has 0 aliphatic heterocycles. The third-order valence-electron chi connectivity index (χ3n) is 5.07. The molecular formula is C23H28O3Si. The fourth-order valence-electron chi connectivity index (χ4n) is 3.94. The summed E-state index contributed by atoms with van der Waals surface area (Å²) in [5.74, 6) is -0.254. The second kappa shape index (κ2) is 7.83. The zero-order chi connectivity index (χ0) is 19.5. The van der Waals surface area contributed by atoms with E-state index in [0.29, 0.717) is 6.42 Å². The molecule has 27 heavy (non-hydrogen) atoms. The van der Waals surface area contributed by atoms with Gasteiger partial charge in [0.2, 0.25) is 0 Å². The van der Waals surface area contributed by atoms with E-state index < -0.39 is 8.32 Å². The Kier molecular flexibility index (Phi) is 5.68. The van der Waals surface area contributed by atoms with Gasteiger partial charge in [-0.2, -0.15) is 0 Å². The lowest BCUT2D eigenvalue weighted by atomic mass is 10.2. The van der Waals surface area contributed by atoms with Crippen molar-refractivity contribution in [2.45, 2.75) is 51.4 Å². The summed E-state index contributed by atoms with van der Waals surface area (Å²) in [6.07, 6.45) is 4.40. The second-order valence-electron chi connectivity index (χ2n) is 8.09. The van der Waals surface area contributed by atoms with Crippen LogP contribution in [0, 0.1) is 0 Å². The Morgan fingerprint density at radius 3 is 1.81 bits per heavy atom. The van der Waals surface area contributed by atoms with Crippen molar-refractivity contribution in [3.63, 3.8) is 0 Å². The monoisotopic (exact) mass is 380 g/mol. The molecule has 0 amide bonds. The van der Waals surface area contributed by atoms with Crippen LogP contribution in [0.2, 0.25) is 5.04 Å². The van der Waals surface area contributed by atoms with Crippen LogP contribution in [0.3, 0.4) is 0 Å². The molecule has 0 saturated heterocycles. The first-order valence-electron chi connectivity index (χ1n) is 9.47. The number of carbonyl (C=O) groups excluding carboxylic acids is 1. The predicted octanol–water partition coefficient (Wildman–Crippen LogP) is 3.82. The molecule has 0 unspecified atom stereocenters. The molecular weight excluding hydrogens is 352 g/mol. The van der Waals surface area contributed by atoms with Gasteiger partial charge in [0.1, 0.15) is 6.10 Å². The Morgan fingerprint density at radius 1 is 0.889 bits per heavy atom. The van der Waals surface area contributed by atoms with E-state index in [0.717, 1.165) is 0 Å². The molecule has 0 heterocycles. The summed E-state index contributed by atoms with van der Waals surface area (Å²) < 4.78 is 12.4. The van der Waals surface area contributed by atoms with Crippen LogP contribution in [0.1, 0.15) is 34.1 Å². The Balaban J connectivity index is 2.03. The minimum absolute atomic E-state index is 0.0664. The number of ether oxygens (including phenoxy) is 1. The van der Waals surface area contributed by atoms with E-state index in [-0.39, 0.29) is 23.2 Å². The smallest absolute Gasteiger partial charge is 0.303 e. The van der Waals surface area contributed by atoms with Gasteiger partial charge < -0.3 is 9.16 Å². The van der Waals surface area contributed by atoms with Crippen molar-refractivity contribution in [2.24, 2.45) is 0 Å². The number of rotatable bonds is 5. The maximum atomic E-state index is 11.3. The van der Waals surface area contributed by atoms with Gasteiger partial charge in [-0.15, -0.1) is 0 Å². The molecule has 0 radical (unpaired) electrons. The van der Waals surface area contributed by atoms with E-state index in [1.807, 2.05) is 24.3 Å². The Morgan fingerprint density at radius 2 is 1.37 bits per heavy atom. The average molecular weight is 381 g/mol. The summed E-state index contributed by atoms with van der Waals surface area (Å²) in [6.45, 7) is 8.24. The largest absolute Gasteiger partial charge is 0.458 e. The molecule has 2 aromatic rings. The fraction of sp³-hybridized carbons (Fsp3) is 0.348. The molecule has 3 nitrogen and oxygen atoms in total. The number of hydrogen-bond donors (Lipinski definition) is 0. The van der Waals surface area contributed by atoms with Crippen LogP contribution in [-0.2, 0) is 14.0 Å². The van der Waals surface area contributed by atoms with Crippen LogP contribution in [0.5, 0.6) is 0 Å². The van der Waals surface area contributed by atoms with E-state index in [9.17, 15) is 4.79 Å². The highest BCUT2D eigenvalue weighted by Crippen LogP contribution is 2.38. The summed E-state index contributed by atoms with van der Waals surface area (Å²) in [6, 6.07) is 21.2. The van der Waals surface area contributed by atoms with Gasteiger partial charge in [-0.05, 0) is 21.5 Å². The van der Waals surface area contributed by atoms with Crippen molar-refractivity contribution < 1.29 is 14.0 Å². The SMILES string of the molecule is CC(=O)O[C@@H]1C=C[C@H](O[Si](c2ccccc2)(c2ccccc2)C(C)(C)C)C1. The summed E-state index contributed by atoms with van der Waals surface area (Å²) in [7, 11) is -2.58. The van der Waals surface area contributed by atoms with Crippen LogP contribution < -0.4 is 10.4 Å². The zero-order valence-electron chi connectivity index (χ0n) is 16.5. The van der Waals surface area contributed by atoms with Gasteiger partial charge in [-0.1, -0.05) is 87.5 Å². The molecule has 0 fully saturated rings. The number of esters is 1. The van der Waals surface area contributed by atoms with Crippen LogP contribution >= 0.6 is 0 Å². The Bertz CT molecular complexity index is 754. The topological polar surface area (TPSA) is 35.5 Å². The van der Waals surface area contributed by atoms with Gasteiger partial charge in [0, 0.05) is 13.3 Å². The third-order valence-corrected chi connectivity index (χ3v) is 10.1. The highest BCUT2D eigenvalue weighted by molar-refractivity contribution is 6.99. The van der Waals surface area contributed by atoms with Crippen molar-refractivity contribution in [1.29, 1.82) is 0 Å². The lowest BCUT2D eigenvalue weighted by Crippen LogP contribution is -2.67. The normalized spacial score (nSPS) is 19.9. The molecule has 142 valence electrons. The molecule has 2 aromatic carbocycles. The summed E-state index contributed by atoms with van der Waals surface area (Å²) >= 11 is 0. The van der Waals surface area contributed by atoms with Crippen molar-refractivity contribution in [1.82, 2.24) is 0 Å². The first kappa shape index (κ1) is 19.6. The minimum atomic E-state index is -2.58. The number of carbonyl (C=O) groups is 1. The molecule has 0 saturated carbocycles. The van der Waals surface area contributed by atoms with Crippen molar-refractivity contribution in [2.75, 3.05) is 0 Å². The fourth-order valence-corrected chi connectivity index (χ4v) is 8.58. The van der Waals surface area contributed by atoms with E-state index in [1.165, 1.54) is 17.3 Å². The summed E-state index contributed by atoms with van der Waals surface area (Å²) in [4.78, 5) is 11.3. The Labute approximate surface area is 163 Å². The van der Waals surface area contributed by atoms with Crippen molar-refractivity contribution in [3.8, 4) is 0 Å². The van der Waals surface area contributed by atoms with E-state index in [2.05, 4.69) is 69.3 Å². The van der Waals surface area contributed by atoms with Gasteiger partial charge in [0.05, 0.1) is 6.10 Å². The standard InChI is InChI=1S/C23H28O3Si/c1-18(24)25-19-15-16-20(17-19)26-27(23(2,3)4,21-11-7-5-8-12-21)22-13-9-6-10-14-22/h5-16,19-20H,17H2,1-4H3/t19-,20+/m1/s1. The van der Waals surface area contributed by atoms with Gasteiger partial charge in [-0.3, -0.25) is 4.79 Å². The highest BCUT2D eigenvalue weighted by Gasteiger charge is 2.51.